The van der Waals surface area contributed by atoms with E-state index in [1.165, 1.54) is 4.90 Å². The number of benzene rings is 1. The maximum atomic E-state index is 12.4. The number of nitrogens with zero attached hydrogens (tertiary/aromatic N) is 3. The van der Waals surface area contributed by atoms with E-state index in [4.69, 9.17) is 4.74 Å². The second-order valence-electron chi connectivity index (χ2n) is 6.00. The van der Waals surface area contributed by atoms with Crippen LogP contribution in [0, 0.1) is 0 Å². The van der Waals surface area contributed by atoms with Crippen LogP contribution in [-0.4, -0.2) is 43.5 Å². The molecule has 2 heterocycles. The smallest absolute Gasteiger partial charge is 0.268 e. The summed E-state index contributed by atoms with van der Waals surface area (Å²) in [5, 5.41) is 2.77. The van der Waals surface area contributed by atoms with Crippen LogP contribution in [0.3, 0.4) is 0 Å². The number of fused-ring (bicyclic) bond motifs is 1. The Hall–Kier alpha value is -3.09. The van der Waals surface area contributed by atoms with Crippen molar-refractivity contribution in [2.24, 2.45) is 0 Å². The van der Waals surface area contributed by atoms with Gasteiger partial charge in [0.25, 0.3) is 5.91 Å². The van der Waals surface area contributed by atoms with E-state index >= 15 is 0 Å². The average molecular weight is 340 g/mol. The van der Waals surface area contributed by atoms with Gasteiger partial charge in [0, 0.05) is 14.1 Å². The third-order valence-electron chi connectivity index (χ3n) is 3.87. The van der Waals surface area contributed by atoms with Crippen LogP contribution in [-0.2, 0) is 9.59 Å². The SMILES string of the molecule is C[C@@H]1Oc2ccccc2N(CC(=O)Nc2ccc(N(C)C)nc2)C1=O. The van der Waals surface area contributed by atoms with Crippen LogP contribution in [0.15, 0.2) is 42.6 Å². The normalized spacial score (nSPS) is 16.0. The third kappa shape index (κ3) is 3.55. The number of anilines is 3. The average Bonchev–Trinajstić information content (AvgIpc) is 2.59. The standard InChI is InChI=1S/C18H20N4O3/c1-12-18(24)22(14-6-4-5-7-15(14)25-12)11-17(23)20-13-8-9-16(19-10-13)21(2)3/h4-10,12H,11H2,1-3H3,(H,20,23)/t12-/m0/s1. The first-order valence-electron chi connectivity index (χ1n) is 7.96. The number of hydrogen-bond donors (Lipinski definition) is 1. The summed E-state index contributed by atoms with van der Waals surface area (Å²) in [5.74, 6) is 0.857. The van der Waals surface area contributed by atoms with Crippen LogP contribution in [0.5, 0.6) is 5.75 Å². The van der Waals surface area contributed by atoms with Gasteiger partial charge in [-0.3, -0.25) is 14.5 Å². The van der Waals surface area contributed by atoms with Crippen molar-refractivity contribution in [1.82, 2.24) is 4.98 Å². The van der Waals surface area contributed by atoms with Crippen molar-refractivity contribution < 1.29 is 14.3 Å². The molecule has 25 heavy (non-hydrogen) atoms. The molecule has 3 rings (SSSR count). The second kappa shape index (κ2) is 6.80. The van der Waals surface area contributed by atoms with E-state index in [0.29, 0.717) is 17.1 Å². The molecule has 1 aromatic carbocycles. The Morgan fingerprint density at radius 1 is 1.28 bits per heavy atom. The van der Waals surface area contributed by atoms with E-state index in [0.717, 1.165) is 5.82 Å². The van der Waals surface area contributed by atoms with Crippen molar-refractivity contribution in [1.29, 1.82) is 0 Å². The zero-order valence-corrected chi connectivity index (χ0v) is 14.4. The highest BCUT2D eigenvalue weighted by molar-refractivity contribution is 6.06. The highest BCUT2D eigenvalue weighted by Crippen LogP contribution is 2.33. The van der Waals surface area contributed by atoms with Crippen molar-refractivity contribution >= 4 is 29.0 Å². The maximum absolute atomic E-state index is 12.4. The summed E-state index contributed by atoms with van der Waals surface area (Å²) in [6.45, 7) is 1.59. The Kier molecular flexibility index (Phi) is 4.56. The number of pyridine rings is 1. The number of carbonyl (C=O) groups excluding carboxylic acids is 2. The molecule has 0 spiro atoms. The summed E-state index contributed by atoms with van der Waals surface area (Å²) in [4.78, 5) is 32.3. The van der Waals surface area contributed by atoms with Gasteiger partial charge in [0.15, 0.2) is 6.10 Å². The molecule has 1 aliphatic rings. The first-order chi connectivity index (χ1) is 12.0. The predicted molar refractivity (Wildman–Crippen MR) is 96.1 cm³/mol. The van der Waals surface area contributed by atoms with E-state index in [1.807, 2.05) is 31.1 Å². The molecule has 0 unspecified atom stereocenters. The van der Waals surface area contributed by atoms with Gasteiger partial charge in [0.1, 0.15) is 18.1 Å². The van der Waals surface area contributed by atoms with E-state index in [1.54, 1.807) is 37.4 Å². The fourth-order valence-corrected chi connectivity index (χ4v) is 2.59. The van der Waals surface area contributed by atoms with Gasteiger partial charge in [-0.15, -0.1) is 0 Å². The second-order valence-corrected chi connectivity index (χ2v) is 6.00. The monoisotopic (exact) mass is 340 g/mol. The van der Waals surface area contributed by atoms with Crippen molar-refractivity contribution in [2.45, 2.75) is 13.0 Å². The minimum Gasteiger partial charge on any atom is -0.479 e. The molecule has 1 N–H and O–H groups in total. The Bertz CT molecular complexity index is 789. The first-order valence-corrected chi connectivity index (χ1v) is 7.96. The van der Waals surface area contributed by atoms with E-state index < -0.39 is 6.10 Å². The fourth-order valence-electron chi connectivity index (χ4n) is 2.59. The number of hydrogen-bond acceptors (Lipinski definition) is 5. The number of para-hydroxylation sites is 2. The van der Waals surface area contributed by atoms with Crippen molar-refractivity contribution in [2.75, 3.05) is 35.8 Å². The van der Waals surface area contributed by atoms with Crippen molar-refractivity contribution in [3.63, 3.8) is 0 Å². The number of nitrogens with one attached hydrogen (secondary N) is 1. The highest BCUT2D eigenvalue weighted by Gasteiger charge is 2.32. The third-order valence-corrected chi connectivity index (χ3v) is 3.87. The number of carbonyl (C=O) groups is 2. The van der Waals surface area contributed by atoms with Crippen LogP contribution < -0.4 is 19.9 Å². The molecule has 0 aliphatic carbocycles. The molecule has 0 saturated heterocycles. The summed E-state index contributed by atoms with van der Waals surface area (Å²) >= 11 is 0. The summed E-state index contributed by atoms with van der Waals surface area (Å²) in [7, 11) is 3.78. The molecule has 0 fully saturated rings. The molecule has 2 aromatic rings. The zero-order chi connectivity index (χ0) is 18.0. The Morgan fingerprint density at radius 2 is 2.04 bits per heavy atom. The maximum Gasteiger partial charge on any atom is 0.268 e. The van der Waals surface area contributed by atoms with Gasteiger partial charge < -0.3 is 15.0 Å². The molecule has 2 amide bonds. The predicted octanol–water partition coefficient (Wildman–Crippen LogP) is 1.90. The molecule has 1 aliphatic heterocycles. The number of aromatic nitrogens is 1. The van der Waals surface area contributed by atoms with Crippen LogP contribution in [0.2, 0.25) is 0 Å². The van der Waals surface area contributed by atoms with Gasteiger partial charge in [-0.2, -0.15) is 0 Å². The first kappa shape index (κ1) is 16.8. The van der Waals surface area contributed by atoms with E-state index in [9.17, 15) is 9.59 Å². The lowest BCUT2D eigenvalue weighted by molar-refractivity contribution is -0.127. The largest absolute Gasteiger partial charge is 0.479 e. The molecule has 7 nitrogen and oxygen atoms in total. The molecule has 130 valence electrons. The Morgan fingerprint density at radius 3 is 2.72 bits per heavy atom. The minimum atomic E-state index is -0.622. The van der Waals surface area contributed by atoms with Crippen molar-refractivity contribution in [3.05, 3.63) is 42.6 Å². The van der Waals surface area contributed by atoms with Crippen LogP contribution in [0.1, 0.15) is 6.92 Å². The van der Waals surface area contributed by atoms with Gasteiger partial charge in [-0.1, -0.05) is 12.1 Å². The number of ether oxygens (including phenoxy) is 1. The molecule has 0 saturated carbocycles. The van der Waals surface area contributed by atoms with Crippen LogP contribution >= 0.6 is 0 Å². The van der Waals surface area contributed by atoms with Gasteiger partial charge in [0.2, 0.25) is 5.91 Å². The Labute approximate surface area is 146 Å². The quantitative estimate of drug-likeness (QED) is 0.920. The topological polar surface area (TPSA) is 74.8 Å². The fraction of sp³-hybridized carbons (Fsp3) is 0.278. The van der Waals surface area contributed by atoms with Gasteiger partial charge >= 0.3 is 0 Å². The minimum absolute atomic E-state index is 0.0843. The number of amides is 2. The van der Waals surface area contributed by atoms with Crippen molar-refractivity contribution in [3.8, 4) is 5.75 Å². The zero-order valence-electron chi connectivity index (χ0n) is 14.4. The molecule has 0 bridgehead atoms. The molecular formula is C18H20N4O3. The summed E-state index contributed by atoms with van der Waals surface area (Å²) in [6, 6.07) is 10.8. The van der Waals surface area contributed by atoms with Crippen LogP contribution in [0.4, 0.5) is 17.2 Å². The summed E-state index contributed by atoms with van der Waals surface area (Å²) < 4.78 is 5.57. The lowest BCUT2D eigenvalue weighted by Gasteiger charge is -2.32. The molecule has 1 atom stereocenters. The highest BCUT2D eigenvalue weighted by atomic mass is 16.5. The van der Waals surface area contributed by atoms with E-state index in [2.05, 4.69) is 10.3 Å². The molecule has 1 aromatic heterocycles. The van der Waals surface area contributed by atoms with Crippen LogP contribution in [0.25, 0.3) is 0 Å². The summed E-state index contributed by atoms with van der Waals surface area (Å²) in [6.07, 6.45) is 0.967. The van der Waals surface area contributed by atoms with E-state index in [-0.39, 0.29) is 18.4 Å². The Balaban J connectivity index is 1.73. The molecule has 7 heteroatoms. The lowest BCUT2D eigenvalue weighted by atomic mass is 10.2. The van der Waals surface area contributed by atoms with Gasteiger partial charge in [-0.25, -0.2) is 4.98 Å². The van der Waals surface area contributed by atoms with Gasteiger partial charge in [-0.05, 0) is 31.2 Å². The van der Waals surface area contributed by atoms with Gasteiger partial charge in [0.05, 0.1) is 17.6 Å². The summed E-state index contributed by atoms with van der Waals surface area (Å²) in [5.41, 5.74) is 1.18. The molecular weight excluding hydrogens is 320 g/mol. The number of rotatable bonds is 4. The lowest BCUT2D eigenvalue weighted by Crippen LogP contribution is -2.47. The molecule has 0 radical (unpaired) electrons.